The molecule has 2 N–H and O–H groups in total. The van der Waals surface area contributed by atoms with Gasteiger partial charge in [-0.15, -0.1) is 0 Å². The molecule has 33 heavy (non-hydrogen) atoms. The molecule has 1 atom stereocenters. The van der Waals surface area contributed by atoms with Crippen LogP contribution >= 0.6 is 34.7 Å². The number of hydrogen-bond donors (Lipinski definition) is 1. The van der Waals surface area contributed by atoms with Gasteiger partial charge in [0, 0.05) is 10.6 Å². The van der Waals surface area contributed by atoms with E-state index < -0.39 is 16.5 Å². The molecule has 0 aliphatic carbocycles. The molecule has 9 heteroatoms. The van der Waals surface area contributed by atoms with E-state index in [1.165, 1.54) is 29.2 Å². The zero-order valence-corrected chi connectivity index (χ0v) is 19.7. The van der Waals surface area contributed by atoms with Crippen LogP contribution < -0.4 is 10.7 Å². The van der Waals surface area contributed by atoms with Gasteiger partial charge in [0.15, 0.2) is 0 Å². The van der Waals surface area contributed by atoms with Crippen molar-refractivity contribution in [1.29, 1.82) is 0 Å². The van der Waals surface area contributed by atoms with E-state index in [-0.39, 0.29) is 5.56 Å². The largest absolute Gasteiger partial charge is 0.330 e. The summed E-state index contributed by atoms with van der Waals surface area (Å²) in [6, 6.07) is 18.8. The smallest absolute Gasteiger partial charge is 0.208 e. The number of aromatic nitrogens is 1. The van der Waals surface area contributed by atoms with Crippen LogP contribution in [0, 0.1) is 11.6 Å². The number of rotatable bonds is 6. The Balaban J connectivity index is 1.71. The third-order valence-electron chi connectivity index (χ3n) is 5.42. The van der Waals surface area contributed by atoms with Gasteiger partial charge in [-0.3, -0.25) is 0 Å². The van der Waals surface area contributed by atoms with Crippen LogP contribution in [0.5, 0.6) is 0 Å². The summed E-state index contributed by atoms with van der Waals surface area (Å²) in [4.78, 5) is 4.08. The number of anilines is 1. The molecule has 0 amide bonds. The van der Waals surface area contributed by atoms with Crippen LogP contribution in [0.1, 0.15) is 24.0 Å². The number of hydrogen-bond acceptors (Lipinski definition) is 6. The van der Waals surface area contributed by atoms with Crippen LogP contribution in [0.4, 0.5) is 13.9 Å². The minimum absolute atomic E-state index is 0.125. The molecule has 1 aliphatic heterocycles. The lowest BCUT2D eigenvalue weighted by Gasteiger charge is -2.35. The van der Waals surface area contributed by atoms with Crippen molar-refractivity contribution in [2.45, 2.75) is 17.7 Å². The van der Waals surface area contributed by atoms with E-state index in [2.05, 4.69) is 0 Å². The molecule has 4 aromatic rings. The van der Waals surface area contributed by atoms with Crippen molar-refractivity contribution >= 4 is 55.1 Å². The van der Waals surface area contributed by atoms with Crippen LogP contribution in [0.15, 0.2) is 71.8 Å². The van der Waals surface area contributed by atoms with Crippen LogP contribution in [-0.2, 0) is 4.87 Å². The molecular weight excluding hydrogens is 482 g/mol. The Morgan fingerprint density at radius 3 is 2.64 bits per heavy atom. The van der Waals surface area contributed by atoms with Crippen LogP contribution in [0.25, 0.3) is 10.2 Å². The predicted octanol–water partition coefficient (Wildman–Crippen LogP) is 6.73. The first-order valence-electron chi connectivity index (χ1n) is 10.4. The number of thioether (sulfide) groups is 1. The maximum Gasteiger partial charge on any atom is 0.208 e. The maximum atomic E-state index is 14.7. The molecule has 3 aromatic carbocycles. The minimum atomic E-state index is -0.716. The summed E-state index contributed by atoms with van der Waals surface area (Å²) < 4.78 is 29.7. The Labute approximate surface area is 203 Å². The first kappa shape index (κ1) is 22.3. The van der Waals surface area contributed by atoms with Crippen LogP contribution in [0.3, 0.4) is 0 Å². The minimum Gasteiger partial charge on any atom is -0.330 e. The van der Waals surface area contributed by atoms with E-state index in [1.54, 1.807) is 6.07 Å². The second-order valence-electron chi connectivity index (χ2n) is 7.59. The average molecular weight is 501 g/mol. The van der Waals surface area contributed by atoms with Gasteiger partial charge in [0.05, 0.1) is 10.2 Å². The zero-order chi connectivity index (χ0) is 23.0. The normalized spacial score (nSPS) is 18.2. The van der Waals surface area contributed by atoms with E-state index in [0.717, 1.165) is 27.9 Å². The Kier molecular flexibility index (Phi) is 6.09. The molecular formula is C24H19ClF2N4S2. The number of benzene rings is 3. The van der Waals surface area contributed by atoms with Gasteiger partial charge in [-0.25, -0.2) is 18.8 Å². The highest BCUT2D eigenvalue weighted by atomic mass is 35.5. The highest BCUT2D eigenvalue weighted by Crippen LogP contribution is 2.53. The van der Waals surface area contributed by atoms with Gasteiger partial charge in [0.1, 0.15) is 21.5 Å². The molecule has 0 saturated heterocycles. The van der Waals surface area contributed by atoms with Gasteiger partial charge in [-0.05, 0) is 61.3 Å². The third-order valence-corrected chi connectivity index (χ3v) is 8.10. The Morgan fingerprint density at radius 1 is 1.03 bits per heavy atom. The lowest BCUT2D eigenvalue weighted by atomic mass is 10.0. The fraction of sp³-hybridized carbons (Fsp3) is 0.167. The van der Waals surface area contributed by atoms with E-state index in [4.69, 9.17) is 27.4 Å². The van der Waals surface area contributed by atoms with E-state index in [0.29, 0.717) is 34.6 Å². The summed E-state index contributed by atoms with van der Waals surface area (Å²) in [5, 5.41) is 8.31. The standard InChI is InChI=1S/C24H19ClF2N4S2/c25-16-7-10-20-21(13-16)32-23(29-20)31-24(11-4-12-28,15-5-2-1-3-6-15)33-22(30-31)18-14-17(26)8-9-19(18)27/h1-3,5-10,13-14H,4,11-12,28H2. The number of nitrogens with zero attached hydrogens (tertiary/aromatic N) is 3. The fourth-order valence-corrected chi connectivity index (χ4v) is 6.61. The monoisotopic (exact) mass is 500 g/mol. The molecule has 0 fully saturated rings. The molecule has 0 spiro atoms. The number of halogens is 3. The van der Waals surface area contributed by atoms with Crippen molar-refractivity contribution < 1.29 is 8.78 Å². The first-order valence-corrected chi connectivity index (χ1v) is 12.4. The summed E-state index contributed by atoms with van der Waals surface area (Å²) >= 11 is 9.04. The molecule has 2 heterocycles. The Hall–Kier alpha value is -2.52. The predicted molar refractivity (Wildman–Crippen MR) is 134 cm³/mol. The fourth-order valence-electron chi connectivity index (χ4n) is 3.86. The van der Waals surface area contributed by atoms with Gasteiger partial charge >= 0.3 is 0 Å². The highest BCUT2D eigenvalue weighted by molar-refractivity contribution is 8.15. The molecule has 1 aromatic heterocycles. The van der Waals surface area contributed by atoms with Crippen molar-refractivity contribution in [3.63, 3.8) is 0 Å². The number of hydrazone groups is 1. The summed E-state index contributed by atoms with van der Waals surface area (Å²) in [5.74, 6) is -1.04. The molecule has 168 valence electrons. The summed E-state index contributed by atoms with van der Waals surface area (Å²) in [5.41, 5.74) is 7.80. The summed E-state index contributed by atoms with van der Waals surface area (Å²) in [6.45, 7) is 0.488. The first-order chi connectivity index (χ1) is 16.0. The van der Waals surface area contributed by atoms with Crippen molar-refractivity contribution in [2.75, 3.05) is 11.6 Å². The van der Waals surface area contributed by atoms with Crippen molar-refractivity contribution in [3.05, 3.63) is 94.5 Å². The lowest BCUT2D eigenvalue weighted by molar-refractivity contribution is 0.527. The Morgan fingerprint density at radius 2 is 1.85 bits per heavy atom. The molecule has 0 saturated carbocycles. The SMILES string of the molecule is NCCCC1(c2ccccc2)SC(c2cc(F)ccc2F)=NN1c1nc2ccc(Cl)cc2s1. The quantitative estimate of drug-likeness (QED) is 0.318. The molecule has 0 radical (unpaired) electrons. The number of fused-ring (bicyclic) bond motifs is 1. The molecule has 0 bridgehead atoms. The highest BCUT2D eigenvalue weighted by Gasteiger charge is 2.47. The van der Waals surface area contributed by atoms with Crippen molar-refractivity contribution in [2.24, 2.45) is 10.8 Å². The topological polar surface area (TPSA) is 54.5 Å². The second-order valence-corrected chi connectivity index (χ2v) is 10.3. The van der Waals surface area contributed by atoms with Gasteiger partial charge < -0.3 is 5.73 Å². The second kappa shape index (κ2) is 9.02. The van der Waals surface area contributed by atoms with Gasteiger partial charge in [0.25, 0.3) is 0 Å². The summed E-state index contributed by atoms with van der Waals surface area (Å²) in [7, 11) is 0. The maximum absolute atomic E-state index is 14.7. The zero-order valence-electron chi connectivity index (χ0n) is 17.3. The van der Waals surface area contributed by atoms with Crippen LogP contribution in [-0.4, -0.2) is 16.6 Å². The third kappa shape index (κ3) is 4.12. The van der Waals surface area contributed by atoms with Crippen LogP contribution in [0.2, 0.25) is 5.02 Å². The number of nitrogens with two attached hydrogens (primary N) is 1. The van der Waals surface area contributed by atoms with Gasteiger partial charge in [0.2, 0.25) is 5.13 Å². The number of thiazole rings is 1. The van der Waals surface area contributed by atoms with Crippen molar-refractivity contribution in [1.82, 2.24) is 4.98 Å². The van der Waals surface area contributed by atoms with E-state index >= 15 is 0 Å². The van der Waals surface area contributed by atoms with Gasteiger partial charge in [-0.1, -0.05) is 65.0 Å². The molecule has 1 unspecified atom stereocenters. The van der Waals surface area contributed by atoms with Gasteiger partial charge in [-0.2, -0.15) is 5.10 Å². The molecule has 1 aliphatic rings. The molecule has 4 nitrogen and oxygen atoms in total. The summed E-state index contributed by atoms with van der Waals surface area (Å²) in [6.07, 6.45) is 1.35. The van der Waals surface area contributed by atoms with E-state index in [9.17, 15) is 8.78 Å². The molecule has 5 rings (SSSR count). The van der Waals surface area contributed by atoms with E-state index in [1.807, 2.05) is 47.5 Å². The lowest BCUT2D eigenvalue weighted by Crippen LogP contribution is -2.38. The average Bonchev–Trinajstić information content (AvgIpc) is 3.41. The van der Waals surface area contributed by atoms with Crippen molar-refractivity contribution in [3.8, 4) is 0 Å². The Bertz CT molecular complexity index is 1350.